The van der Waals surface area contributed by atoms with Gasteiger partial charge in [-0.1, -0.05) is 29.3 Å². The topological polar surface area (TPSA) is 61.7 Å². The van der Waals surface area contributed by atoms with Crippen molar-refractivity contribution < 1.29 is 10.0 Å². The van der Waals surface area contributed by atoms with E-state index in [4.69, 9.17) is 28.4 Å². The third-order valence-corrected chi connectivity index (χ3v) is 2.45. The van der Waals surface area contributed by atoms with E-state index in [1.54, 1.807) is 18.2 Å². The first kappa shape index (κ1) is 11.8. The molecule has 0 aliphatic carbocycles. The third kappa shape index (κ3) is 3.11. The predicted octanol–water partition coefficient (Wildman–Crippen LogP) is 2.18. The SMILES string of the molecule is O=C(NC/C=N/O)c1cccc(Cl)c1Cl. The monoisotopic (exact) mass is 246 g/mol. The Morgan fingerprint density at radius 2 is 2.27 bits per heavy atom. The van der Waals surface area contributed by atoms with Crippen molar-refractivity contribution in [3.05, 3.63) is 33.8 Å². The summed E-state index contributed by atoms with van der Waals surface area (Å²) in [5, 5.41) is 13.9. The Kier molecular flexibility index (Phi) is 4.39. The van der Waals surface area contributed by atoms with Gasteiger partial charge in [-0.15, -0.1) is 5.16 Å². The molecule has 0 aromatic heterocycles. The number of halogens is 2. The first-order chi connectivity index (χ1) is 7.16. The van der Waals surface area contributed by atoms with Gasteiger partial charge in [-0.3, -0.25) is 4.79 Å². The van der Waals surface area contributed by atoms with Crippen LogP contribution in [0.2, 0.25) is 10.0 Å². The Bertz CT molecular complexity index is 394. The molecule has 80 valence electrons. The number of rotatable bonds is 3. The number of amides is 1. The van der Waals surface area contributed by atoms with Crippen LogP contribution in [0, 0.1) is 0 Å². The van der Waals surface area contributed by atoms with E-state index in [0.29, 0.717) is 5.02 Å². The summed E-state index contributed by atoms with van der Waals surface area (Å²) in [6.45, 7) is 0.123. The summed E-state index contributed by atoms with van der Waals surface area (Å²) in [7, 11) is 0. The maximum atomic E-state index is 11.5. The average molecular weight is 247 g/mol. The molecule has 0 atom stereocenters. The summed E-state index contributed by atoms with van der Waals surface area (Å²) < 4.78 is 0. The molecule has 1 aromatic carbocycles. The standard InChI is InChI=1S/C9H8Cl2N2O2/c10-7-3-1-2-6(8(7)11)9(14)12-4-5-13-15/h1-3,5,15H,4H2,(H,12,14)/b13-5+. The van der Waals surface area contributed by atoms with Gasteiger partial charge in [0.25, 0.3) is 5.91 Å². The van der Waals surface area contributed by atoms with E-state index in [1.165, 1.54) is 0 Å². The summed E-state index contributed by atoms with van der Waals surface area (Å²) in [5.74, 6) is -0.373. The molecule has 0 unspecified atom stereocenters. The molecule has 0 saturated carbocycles. The molecule has 0 radical (unpaired) electrons. The number of hydrogen-bond donors (Lipinski definition) is 2. The highest BCUT2D eigenvalue weighted by Crippen LogP contribution is 2.25. The molecular weight excluding hydrogens is 239 g/mol. The van der Waals surface area contributed by atoms with Crippen molar-refractivity contribution in [1.29, 1.82) is 0 Å². The first-order valence-corrected chi connectivity index (χ1v) is 4.80. The van der Waals surface area contributed by atoms with E-state index in [2.05, 4.69) is 10.5 Å². The molecule has 1 rings (SSSR count). The molecule has 6 heteroatoms. The highest BCUT2D eigenvalue weighted by molar-refractivity contribution is 6.43. The average Bonchev–Trinajstić information content (AvgIpc) is 2.22. The van der Waals surface area contributed by atoms with Gasteiger partial charge in [0.15, 0.2) is 0 Å². The Balaban J connectivity index is 2.78. The predicted molar refractivity (Wildman–Crippen MR) is 59.1 cm³/mol. The molecule has 0 fully saturated rings. The van der Waals surface area contributed by atoms with Crippen molar-refractivity contribution in [2.75, 3.05) is 6.54 Å². The van der Waals surface area contributed by atoms with E-state index >= 15 is 0 Å². The molecule has 4 nitrogen and oxygen atoms in total. The Hall–Kier alpha value is -1.26. The van der Waals surface area contributed by atoms with Gasteiger partial charge < -0.3 is 10.5 Å². The highest BCUT2D eigenvalue weighted by atomic mass is 35.5. The highest BCUT2D eigenvalue weighted by Gasteiger charge is 2.11. The number of nitrogens with one attached hydrogen (secondary N) is 1. The van der Waals surface area contributed by atoms with Crippen LogP contribution < -0.4 is 5.32 Å². The molecule has 0 heterocycles. The van der Waals surface area contributed by atoms with E-state index in [-0.39, 0.29) is 23.0 Å². The van der Waals surface area contributed by atoms with Gasteiger partial charge in [0.2, 0.25) is 0 Å². The fourth-order valence-corrected chi connectivity index (χ4v) is 1.34. The number of carbonyl (C=O) groups is 1. The van der Waals surface area contributed by atoms with Crippen molar-refractivity contribution >= 4 is 35.3 Å². The van der Waals surface area contributed by atoms with Gasteiger partial charge in [0.1, 0.15) is 0 Å². The maximum absolute atomic E-state index is 11.5. The summed E-state index contributed by atoms with van der Waals surface area (Å²) in [6.07, 6.45) is 1.15. The largest absolute Gasteiger partial charge is 0.411 e. The van der Waals surface area contributed by atoms with Crippen molar-refractivity contribution in [1.82, 2.24) is 5.32 Å². The van der Waals surface area contributed by atoms with E-state index < -0.39 is 0 Å². The lowest BCUT2D eigenvalue weighted by atomic mass is 10.2. The van der Waals surface area contributed by atoms with Crippen LogP contribution in [0.5, 0.6) is 0 Å². The van der Waals surface area contributed by atoms with Crippen molar-refractivity contribution in [3.63, 3.8) is 0 Å². The van der Waals surface area contributed by atoms with Gasteiger partial charge in [-0.05, 0) is 12.1 Å². The van der Waals surface area contributed by atoms with Crippen molar-refractivity contribution in [2.45, 2.75) is 0 Å². The number of hydrogen-bond acceptors (Lipinski definition) is 3. The smallest absolute Gasteiger partial charge is 0.253 e. The van der Waals surface area contributed by atoms with Crippen molar-refractivity contribution in [2.24, 2.45) is 5.16 Å². The zero-order chi connectivity index (χ0) is 11.3. The van der Waals surface area contributed by atoms with Crippen LogP contribution in [0.25, 0.3) is 0 Å². The summed E-state index contributed by atoms with van der Waals surface area (Å²) >= 11 is 11.6. The molecule has 0 aliphatic rings. The van der Waals surface area contributed by atoms with Crippen molar-refractivity contribution in [3.8, 4) is 0 Å². The Labute approximate surface area is 96.5 Å². The zero-order valence-electron chi connectivity index (χ0n) is 7.58. The second kappa shape index (κ2) is 5.58. The van der Waals surface area contributed by atoms with Gasteiger partial charge in [0, 0.05) is 0 Å². The lowest BCUT2D eigenvalue weighted by Gasteiger charge is -2.04. The number of benzene rings is 1. The molecule has 0 saturated heterocycles. The van der Waals surface area contributed by atoms with Gasteiger partial charge in [-0.2, -0.15) is 0 Å². The molecule has 1 aromatic rings. The normalized spacial score (nSPS) is 10.5. The second-order valence-corrected chi connectivity index (χ2v) is 3.39. The minimum atomic E-state index is -0.373. The second-order valence-electron chi connectivity index (χ2n) is 2.61. The lowest BCUT2D eigenvalue weighted by molar-refractivity contribution is 0.0959. The van der Waals surface area contributed by atoms with E-state index in [0.717, 1.165) is 6.21 Å². The molecule has 0 aliphatic heterocycles. The first-order valence-electron chi connectivity index (χ1n) is 4.05. The molecule has 1 amide bonds. The molecule has 2 N–H and O–H groups in total. The molecule has 15 heavy (non-hydrogen) atoms. The van der Waals surface area contributed by atoms with Crippen LogP contribution in [-0.2, 0) is 0 Å². The Morgan fingerprint density at radius 1 is 1.53 bits per heavy atom. The number of carbonyl (C=O) groups excluding carboxylic acids is 1. The van der Waals surface area contributed by atoms with Crippen LogP contribution >= 0.6 is 23.2 Å². The van der Waals surface area contributed by atoms with Crippen LogP contribution in [0.3, 0.4) is 0 Å². The van der Waals surface area contributed by atoms with Crippen LogP contribution in [0.4, 0.5) is 0 Å². The van der Waals surface area contributed by atoms with Crippen LogP contribution in [0.1, 0.15) is 10.4 Å². The molecule has 0 bridgehead atoms. The third-order valence-electron chi connectivity index (χ3n) is 1.63. The lowest BCUT2D eigenvalue weighted by Crippen LogP contribution is -2.25. The molecule has 0 spiro atoms. The van der Waals surface area contributed by atoms with Gasteiger partial charge in [-0.25, -0.2) is 0 Å². The Morgan fingerprint density at radius 3 is 2.93 bits per heavy atom. The summed E-state index contributed by atoms with van der Waals surface area (Å²) in [4.78, 5) is 11.5. The fourth-order valence-electron chi connectivity index (χ4n) is 0.954. The number of nitrogens with zero attached hydrogens (tertiary/aromatic N) is 1. The summed E-state index contributed by atoms with van der Waals surface area (Å²) in [5.41, 5.74) is 0.288. The zero-order valence-corrected chi connectivity index (χ0v) is 9.09. The minimum Gasteiger partial charge on any atom is -0.411 e. The minimum absolute atomic E-state index is 0.123. The van der Waals surface area contributed by atoms with Crippen LogP contribution in [0.15, 0.2) is 23.4 Å². The molecular formula is C9H8Cl2N2O2. The van der Waals surface area contributed by atoms with E-state index in [9.17, 15) is 4.79 Å². The van der Waals surface area contributed by atoms with Gasteiger partial charge >= 0.3 is 0 Å². The van der Waals surface area contributed by atoms with E-state index in [1.807, 2.05) is 0 Å². The van der Waals surface area contributed by atoms with Crippen LogP contribution in [-0.4, -0.2) is 23.9 Å². The summed E-state index contributed by atoms with van der Waals surface area (Å²) in [6, 6.07) is 4.78. The quantitative estimate of drug-likeness (QED) is 0.488. The van der Waals surface area contributed by atoms with Gasteiger partial charge in [0.05, 0.1) is 28.4 Å². The fraction of sp³-hybridized carbons (Fsp3) is 0.111. The number of oxime groups is 1. The maximum Gasteiger partial charge on any atom is 0.253 e.